The minimum atomic E-state index is -1.75. The van der Waals surface area contributed by atoms with Crippen LogP contribution in [0.4, 0.5) is 0 Å². The largest absolute Gasteiger partial charge is 0.356 e. The van der Waals surface area contributed by atoms with Crippen LogP contribution >= 0.6 is 0 Å². The zero-order valence-corrected chi connectivity index (χ0v) is 3.62. The third-order valence-corrected chi connectivity index (χ3v) is 0. The summed E-state index contributed by atoms with van der Waals surface area (Å²) in [5, 5.41) is 14.8. The molecular formula is H3CuN2O3-. The van der Waals surface area contributed by atoms with Crippen molar-refractivity contribution in [1.29, 1.82) is 0 Å². The van der Waals surface area contributed by atoms with E-state index in [0.29, 0.717) is 0 Å². The molecule has 5 nitrogen and oxygen atoms in total. The smallest absolute Gasteiger partial charge is 0.0689 e. The van der Waals surface area contributed by atoms with Crippen LogP contribution in [0.5, 0.6) is 0 Å². The second-order valence-electron chi connectivity index (χ2n) is 0.224. The first-order valence-corrected chi connectivity index (χ1v) is 0.548. The van der Waals surface area contributed by atoms with Gasteiger partial charge in [-0.3, -0.25) is 0 Å². The molecule has 0 rings (SSSR count). The average Bonchev–Trinajstić information content (AvgIpc) is 0.811. The Kier molecular flexibility index (Phi) is 25.5. The summed E-state index contributed by atoms with van der Waals surface area (Å²) < 4.78 is 0. The van der Waals surface area contributed by atoms with E-state index in [-0.39, 0.29) is 23.2 Å². The fourth-order valence-electron chi connectivity index (χ4n) is 0. The molecule has 0 aliphatic heterocycles. The summed E-state index contributed by atoms with van der Waals surface area (Å²) in [4.78, 5) is 8.25. The maximum atomic E-state index is 8.25. The first-order chi connectivity index (χ1) is 1.73. The van der Waals surface area contributed by atoms with Crippen molar-refractivity contribution in [2.24, 2.45) is 0 Å². The molecule has 0 spiro atoms. The predicted octanol–water partition coefficient (Wildman–Crippen LogP) is -0.0796. The molecule has 0 aromatic heterocycles. The molecule has 0 bridgehead atoms. The van der Waals surface area contributed by atoms with Gasteiger partial charge in [-0.25, -0.2) is 0 Å². The van der Waals surface area contributed by atoms with Crippen LogP contribution in [0.25, 0.3) is 0 Å². The maximum absolute atomic E-state index is 8.25. The summed E-state index contributed by atoms with van der Waals surface area (Å²) in [7, 11) is 0. The number of hydrogen-bond acceptors (Lipinski definition) is 4. The molecule has 0 heterocycles. The van der Waals surface area contributed by atoms with Crippen LogP contribution in [0.2, 0.25) is 0 Å². The van der Waals surface area contributed by atoms with Crippen LogP contribution in [0.3, 0.4) is 0 Å². The van der Waals surface area contributed by atoms with Crippen molar-refractivity contribution < 1.29 is 22.2 Å². The minimum Gasteiger partial charge on any atom is -0.356 e. The van der Waals surface area contributed by atoms with Gasteiger partial charge < -0.3 is 21.5 Å². The van der Waals surface area contributed by atoms with E-state index in [4.69, 9.17) is 15.3 Å². The van der Waals surface area contributed by atoms with Gasteiger partial charge in [0.15, 0.2) is 0 Å². The Morgan fingerprint density at radius 2 is 1.33 bits per heavy atom. The van der Waals surface area contributed by atoms with Gasteiger partial charge in [-0.2, -0.15) is 0 Å². The maximum Gasteiger partial charge on any atom is 0.0689 e. The molecule has 0 unspecified atom stereocenters. The monoisotopic (exact) mass is 142 g/mol. The molecule has 0 aromatic carbocycles. The second-order valence-corrected chi connectivity index (χ2v) is 0.224. The predicted molar refractivity (Wildman–Crippen MR) is 15.4 cm³/mol. The Bertz CT molecular complexity index is 31.8. The summed E-state index contributed by atoms with van der Waals surface area (Å²) in [6, 6.07) is 0. The molecule has 0 aromatic rings. The van der Waals surface area contributed by atoms with Crippen molar-refractivity contribution in [3.63, 3.8) is 0 Å². The van der Waals surface area contributed by atoms with Crippen LogP contribution < -0.4 is 6.15 Å². The van der Waals surface area contributed by atoms with E-state index >= 15 is 0 Å². The molecular weight excluding hydrogens is 140 g/mol. The van der Waals surface area contributed by atoms with Crippen LogP contribution in [0, 0.1) is 15.3 Å². The van der Waals surface area contributed by atoms with Gasteiger partial charge >= 0.3 is 0 Å². The van der Waals surface area contributed by atoms with Crippen LogP contribution in [0.15, 0.2) is 0 Å². The molecule has 0 saturated heterocycles. The topological polar surface area (TPSA) is 101 Å². The minimum absolute atomic E-state index is 0. The van der Waals surface area contributed by atoms with E-state index in [1.165, 1.54) is 0 Å². The molecule has 43 valence electrons. The molecule has 0 fully saturated rings. The van der Waals surface area contributed by atoms with E-state index in [1.54, 1.807) is 0 Å². The van der Waals surface area contributed by atoms with E-state index in [9.17, 15) is 0 Å². The van der Waals surface area contributed by atoms with Crippen molar-refractivity contribution in [1.82, 2.24) is 6.15 Å². The van der Waals surface area contributed by atoms with Crippen LogP contribution in [-0.4, -0.2) is 5.09 Å². The molecule has 0 atom stereocenters. The summed E-state index contributed by atoms with van der Waals surface area (Å²) in [6.07, 6.45) is 0. The van der Waals surface area contributed by atoms with E-state index in [1.807, 2.05) is 0 Å². The summed E-state index contributed by atoms with van der Waals surface area (Å²) in [5.41, 5.74) is 0. The van der Waals surface area contributed by atoms with Gasteiger partial charge in [0.25, 0.3) is 0 Å². The zero-order valence-electron chi connectivity index (χ0n) is 2.68. The van der Waals surface area contributed by atoms with Gasteiger partial charge in [-0.1, -0.05) is 0 Å². The Labute approximate surface area is 44.5 Å². The number of hydrogen-bond donors (Lipinski definition) is 1. The summed E-state index contributed by atoms with van der Waals surface area (Å²) in [5.74, 6) is 0. The second kappa shape index (κ2) is 8.82. The van der Waals surface area contributed by atoms with Crippen molar-refractivity contribution in [3.05, 3.63) is 15.3 Å². The summed E-state index contributed by atoms with van der Waals surface area (Å²) in [6.45, 7) is 0. The van der Waals surface area contributed by atoms with Crippen LogP contribution in [0.1, 0.15) is 0 Å². The first-order valence-electron chi connectivity index (χ1n) is 0.548. The average molecular weight is 143 g/mol. The van der Waals surface area contributed by atoms with Crippen molar-refractivity contribution in [2.75, 3.05) is 0 Å². The van der Waals surface area contributed by atoms with Gasteiger partial charge in [0, 0.05) is 17.1 Å². The van der Waals surface area contributed by atoms with Gasteiger partial charge in [0.2, 0.25) is 0 Å². The van der Waals surface area contributed by atoms with Crippen molar-refractivity contribution in [3.8, 4) is 0 Å². The number of nitrogens with zero attached hydrogens (tertiary/aromatic N) is 1. The Morgan fingerprint density at radius 3 is 1.33 bits per heavy atom. The molecule has 6 heavy (non-hydrogen) atoms. The summed E-state index contributed by atoms with van der Waals surface area (Å²) >= 11 is 0. The van der Waals surface area contributed by atoms with Gasteiger partial charge in [-0.05, 0) is 0 Å². The third-order valence-electron chi connectivity index (χ3n) is 0. The SMILES string of the molecule is N.O=[N+]([O-])[O-].[Cu]. The molecule has 0 aliphatic rings. The fraction of sp³-hybridized carbons (Fsp3) is 0. The van der Waals surface area contributed by atoms with Crippen molar-refractivity contribution in [2.45, 2.75) is 0 Å². The Hall–Kier alpha value is -0.321. The van der Waals surface area contributed by atoms with Crippen molar-refractivity contribution >= 4 is 0 Å². The standard InChI is InChI=1S/Cu.NO3.H3N/c;2-1(3)4;/h;;1H3/q;-1;. The molecule has 1 radical (unpaired) electrons. The van der Waals surface area contributed by atoms with Gasteiger partial charge in [0.05, 0.1) is 5.09 Å². The van der Waals surface area contributed by atoms with Crippen LogP contribution in [-0.2, 0) is 17.1 Å². The third kappa shape index (κ3) is 257. The quantitative estimate of drug-likeness (QED) is 0.290. The zero-order chi connectivity index (χ0) is 3.58. The Morgan fingerprint density at radius 1 is 1.33 bits per heavy atom. The van der Waals surface area contributed by atoms with E-state index < -0.39 is 5.09 Å². The molecule has 0 aliphatic carbocycles. The molecule has 3 N–H and O–H groups in total. The van der Waals surface area contributed by atoms with E-state index in [2.05, 4.69) is 0 Å². The molecule has 0 saturated carbocycles. The normalized spacial score (nSPS) is 4.00. The molecule has 6 heteroatoms. The fourth-order valence-corrected chi connectivity index (χ4v) is 0. The Balaban J connectivity index is -0.0000000450. The van der Waals surface area contributed by atoms with Gasteiger partial charge in [-0.15, -0.1) is 0 Å². The van der Waals surface area contributed by atoms with Gasteiger partial charge in [0.1, 0.15) is 0 Å². The molecule has 0 amide bonds. The first kappa shape index (κ1) is 17.3. The number of rotatable bonds is 0. The van der Waals surface area contributed by atoms with E-state index in [0.717, 1.165) is 0 Å².